The molecule has 3 nitrogen and oxygen atoms in total. The fourth-order valence-electron chi connectivity index (χ4n) is 2.36. The molecule has 0 saturated carbocycles. The van der Waals surface area contributed by atoms with E-state index >= 15 is 0 Å². The second kappa shape index (κ2) is 7.20. The fraction of sp³-hybridized carbons (Fsp3) is 0.158. The summed E-state index contributed by atoms with van der Waals surface area (Å²) in [6.45, 7) is 0. The largest absolute Gasteiger partial charge is 0.469 e. The molecule has 2 aromatic carbocycles. The molecule has 0 amide bonds. The molecule has 1 aromatic heterocycles. The van der Waals surface area contributed by atoms with Crippen molar-refractivity contribution in [3.8, 4) is 21.7 Å². The number of carbonyl (C=O) groups excluding carboxylic acids is 1. The number of rotatable bonds is 5. The van der Waals surface area contributed by atoms with Crippen LogP contribution in [0.5, 0.6) is 0 Å². The molecule has 0 aliphatic heterocycles. The van der Waals surface area contributed by atoms with Gasteiger partial charge in [-0.05, 0) is 5.56 Å². The average molecular weight is 323 g/mol. The number of thiazole rings is 1. The van der Waals surface area contributed by atoms with Gasteiger partial charge < -0.3 is 4.74 Å². The predicted octanol–water partition coefficient (Wildman–Crippen LogP) is 4.58. The number of esters is 1. The minimum atomic E-state index is -0.206. The second-order valence-corrected chi connectivity index (χ2v) is 6.18. The number of aryl methyl sites for hydroxylation is 1. The highest BCUT2D eigenvalue weighted by molar-refractivity contribution is 7.15. The van der Waals surface area contributed by atoms with Gasteiger partial charge in [-0.3, -0.25) is 4.79 Å². The molecule has 0 aliphatic rings. The van der Waals surface area contributed by atoms with Crippen LogP contribution in [-0.4, -0.2) is 18.1 Å². The van der Waals surface area contributed by atoms with Crippen molar-refractivity contribution in [2.75, 3.05) is 7.11 Å². The number of ether oxygens (including phenoxy) is 1. The summed E-state index contributed by atoms with van der Waals surface area (Å²) < 4.78 is 4.72. The number of hydrogen-bond acceptors (Lipinski definition) is 4. The lowest BCUT2D eigenvalue weighted by Crippen LogP contribution is -2.01. The van der Waals surface area contributed by atoms with Crippen molar-refractivity contribution < 1.29 is 9.53 Å². The molecule has 0 aliphatic carbocycles. The van der Waals surface area contributed by atoms with Crippen molar-refractivity contribution >= 4 is 17.3 Å². The summed E-state index contributed by atoms with van der Waals surface area (Å²) in [5.41, 5.74) is 3.21. The summed E-state index contributed by atoms with van der Waals surface area (Å²) >= 11 is 1.64. The van der Waals surface area contributed by atoms with E-state index in [4.69, 9.17) is 9.72 Å². The first-order valence-electron chi connectivity index (χ1n) is 7.45. The van der Waals surface area contributed by atoms with E-state index < -0.39 is 0 Å². The van der Waals surface area contributed by atoms with E-state index in [0.29, 0.717) is 12.8 Å². The molecule has 1 heterocycles. The lowest BCUT2D eigenvalue weighted by Gasteiger charge is -2.02. The Kier molecular flexibility index (Phi) is 4.83. The zero-order valence-electron chi connectivity index (χ0n) is 12.9. The third kappa shape index (κ3) is 3.66. The van der Waals surface area contributed by atoms with Gasteiger partial charge in [0.05, 0.1) is 29.1 Å². The Balaban J connectivity index is 1.99. The van der Waals surface area contributed by atoms with Gasteiger partial charge in [-0.2, -0.15) is 0 Å². The van der Waals surface area contributed by atoms with Crippen molar-refractivity contribution in [2.45, 2.75) is 12.8 Å². The van der Waals surface area contributed by atoms with Gasteiger partial charge >= 0.3 is 5.97 Å². The van der Waals surface area contributed by atoms with Crippen LogP contribution in [0.25, 0.3) is 21.7 Å². The highest BCUT2D eigenvalue weighted by Crippen LogP contribution is 2.37. The van der Waals surface area contributed by atoms with Gasteiger partial charge in [0.1, 0.15) is 0 Å². The van der Waals surface area contributed by atoms with E-state index in [-0.39, 0.29) is 5.97 Å². The van der Waals surface area contributed by atoms with Gasteiger partial charge in [0, 0.05) is 12.0 Å². The standard InChI is InChI=1S/C19H17NO2S/c1-22-17(21)13-12-16-20-18(14-8-4-2-5-9-14)19(23-16)15-10-6-3-7-11-15/h2-11H,12-13H2,1H3. The minimum Gasteiger partial charge on any atom is -0.469 e. The summed E-state index contributed by atoms with van der Waals surface area (Å²) in [5, 5.41) is 0.952. The molecule has 0 fully saturated rings. The molecule has 0 spiro atoms. The molecular weight excluding hydrogens is 306 g/mol. The highest BCUT2D eigenvalue weighted by atomic mass is 32.1. The molecule has 0 atom stereocenters. The molecule has 0 radical (unpaired) electrons. The molecule has 4 heteroatoms. The van der Waals surface area contributed by atoms with Crippen molar-refractivity contribution in [1.29, 1.82) is 0 Å². The van der Waals surface area contributed by atoms with Crippen LogP contribution in [0.15, 0.2) is 60.7 Å². The van der Waals surface area contributed by atoms with Gasteiger partial charge in [0.2, 0.25) is 0 Å². The van der Waals surface area contributed by atoms with E-state index in [2.05, 4.69) is 24.3 Å². The number of aromatic nitrogens is 1. The Morgan fingerprint density at radius 1 is 1.00 bits per heavy atom. The van der Waals surface area contributed by atoms with Crippen LogP contribution < -0.4 is 0 Å². The minimum absolute atomic E-state index is 0.206. The van der Waals surface area contributed by atoms with Gasteiger partial charge in [-0.1, -0.05) is 60.7 Å². The lowest BCUT2D eigenvalue weighted by atomic mass is 10.1. The summed E-state index contributed by atoms with van der Waals surface area (Å²) in [7, 11) is 1.41. The van der Waals surface area contributed by atoms with E-state index in [1.807, 2.05) is 36.4 Å². The van der Waals surface area contributed by atoms with Crippen LogP contribution in [0, 0.1) is 0 Å². The maximum atomic E-state index is 11.4. The van der Waals surface area contributed by atoms with Crippen LogP contribution in [0.4, 0.5) is 0 Å². The summed E-state index contributed by atoms with van der Waals surface area (Å²) in [5.74, 6) is -0.206. The molecule has 0 unspecified atom stereocenters. The maximum absolute atomic E-state index is 11.4. The van der Waals surface area contributed by atoms with Crippen molar-refractivity contribution in [1.82, 2.24) is 4.98 Å². The summed E-state index contributed by atoms with van der Waals surface area (Å²) in [6, 6.07) is 20.4. The molecule has 0 bridgehead atoms. The number of benzene rings is 2. The third-order valence-electron chi connectivity index (χ3n) is 3.53. The van der Waals surface area contributed by atoms with Crippen LogP contribution in [0.3, 0.4) is 0 Å². The van der Waals surface area contributed by atoms with E-state index in [1.54, 1.807) is 11.3 Å². The maximum Gasteiger partial charge on any atom is 0.305 e. The van der Waals surface area contributed by atoms with E-state index in [9.17, 15) is 4.79 Å². The zero-order chi connectivity index (χ0) is 16.1. The van der Waals surface area contributed by atoms with E-state index in [1.165, 1.54) is 7.11 Å². The summed E-state index contributed by atoms with van der Waals surface area (Å²) in [6.07, 6.45) is 0.955. The second-order valence-electron chi connectivity index (χ2n) is 5.09. The van der Waals surface area contributed by atoms with Gasteiger partial charge in [-0.15, -0.1) is 11.3 Å². The highest BCUT2D eigenvalue weighted by Gasteiger charge is 2.15. The van der Waals surface area contributed by atoms with Crippen LogP contribution in [0.2, 0.25) is 0 Å². The van der Waals surface area contributed by atoms with E-state index in [0.717, 1.165) is 26.7 Å². The number of methoxy groups -OCH3 is 1. The molecular formula is C19H17NO2S. The van der Waals surface area contributed by atoms with Crippen molar-refractivity contribution in [3.05, 3.63) is 65.7 Å². The molecule has 3 rings (SSSR count). The Bertz CT molecular complexity index is 725. The third-order valence-corrected chi connectivity index (χ3v) is 4.69. The normalized spacial score (nSPS) is 10.5. The Morgan fingerprint density at radius 3 is 2.22 bits per heavy atom. The monoisotopic (exact) mass is 323 g/mol. The topological polar surface area (TPSA) is 39.2 Å². The summed E-state index contributed by atoms with van der Waals surface area (Å²) in [4.78, 5) is 17.3. The number of hydrogen-bond donors (Lipinski definition) is 0. The van der Waals surface area contributed by atoms with Crippen LogP contribution in [0.1, 0.15) is 11.4 Å². The fourth-order valence-corrected chi connectivity index (χ4v) is 3.45. The Morgan fingerprint density at radius 2 is 1.61 bits per heavy atom. The van der Waals surface area contributed by atoms with Crippen LogP contribution in [-0.2, 0) is 16.0 Å². The molecule has 23 heavy (non-hydrogen) atoms. The van der Waals surface area contributed by atoms with Crippen molar-refractivity contribution in [3.63, 3.8) is 0 Å². The first kappa shape index (κ1) is 15.4. The lowest BCUT2D eigenvalue weighted by molar-refractivity contribution is -0.140. The number of carbonyl (C=O) groups is 1. The average Bonchev–Trinajstić information content (AvgIpc) is 3.05. The molecule has 3 aromatic rings. The molecule has 0 N–H and O–H groups in total. The molecule has 116 valence electrons. The molecule has 0 saturated heterocycles. The van der Waals surface area contributed by atoms with Gasteiger partial charge in [-0.25, -0.2) is 4.98 Å². The quantitative estimate of drug-likeness (QED) is 0.645. The Hall–Kier alpha value is -2.46. The number of nitrogens with zero attached hydrogens (tertiary/aromatic N) is 1. The smallest absolute Gasteiger partial charge is 0.305 e. The SMILES string of the molecule is COC(=O)CCc1nc(-c2ccccc2)c(-c2ccccc2)s1. The first-order chi connectivity index (χ1) is 11.3. The first-order valence-corrected chi connectivity index (χ1v) is 8.27. The Labute approximate surface area is 139 Å². The van der Waals surface area contributed by atoms with Crippen molar-refractivity contribution in [2.24, 2.45) is 0 Å². The van der Waals surface area contributed by atoms with Gasteiger partial charge in [0.15, 0.2) is 0 Å². The predicted molar refractivity (Wildman–Crippen MR) is 93.3 cm³/mol. The zero-order valence-corrected chi connectivity index (χ0v) is 13.7. The van der Waals surface area contributed by atoms with Gasteiger partial charge in [0.25, 0.3) is 0 Å². The van der Waals surface area contributed by atoms with Crippen LogP contribution >= 0.6 is 11.3 Å².